The molecule has 0 unspecified atom stereocenters. The maximum Gasteiger partial charge on any atom is 0.293 e. The minimum Gasteiger partial charge on any atom is -0.363 e. The van der Waals surface area contributed by atoms with Gasteiger partial charge in [-0.05, 0) is 54.2 Å². The summed E-state index contributed by atoms with van der Waals surface area (Å²) in [5.74, 6) is -0.196. The summed E-state index contributed by atoms with van der Waals surface area (Å²) in [4.78, 5) is 46.4. The van der Waals surface area contributed by atoms with Gasteiger partial charge in [-0.25, -0.2) is 4.98 Å². The number of anilines is 1. The third-order valence-corrected chi connectivity index (χ3v) is 7.94. The van der Waals surface area contributed by atoms with Crippen molar-refractivity contribution in [1.29, 1.82) is 0 Å². The normalized spacial score (nSPS) is 15.8. The van der Waals surface area contributed by atoms with Crippen molar-refractivity contribution in [3.8, 4) is 11.1 Å². The third kappa shape index (κ3) is 5.83. The van der Waals surface area contributed by atoms with E-state index in [-0.39, 0.29) is 30.0 Å². The van der Waals surface area contributed by atoms with Gasteiger partial charge in [-0.2, -0.15) is 0 Å². The molecule has 2 aliphatic heterocycles. The summed E-state index contributed by atoms with van der Waals surface area (Å²) in [6.07, 6.45) is 5.61. The van der Waals surface area contributed by atoms with E-state index in [0.29, 0.717) is 29.9 Å². The van der Waals surface area contributed by atoms with Crippen molar-refractivity contribution in [3.05, 3.63) is 118 Å². The lowest BCUT2D eigenvalue weighted by molar-refractivity contribution is 0.0650. The van der Waals surface area contributed by atoms with Gasteiger partial charge in [0.1, 0.15) is 0 Å². The predicted molar refractivity (Wildman–Crippen MR) is 159 cm³/mol. The Hall–Kier alpha value is -4.56. The standard InChI is InChI=1S/C33H33N5O3/c39-31-28-12-4-5-13-29(28)32(40)38(31)18-7-17-37-21-16-34-30(33(37)41)35-27-14-19-36(20-15-27)23-24-8-6-11-26(22-24)25-9-2-1-3-10-25/h1-6,8-13,16,21-22,27H,7,14-15,17-20,23H2,(H,34,35). The highest BCUT2D eigenvalue weighted by Gasteiger charge is 2.34. The molecule has 8 heteroatoms. The molecule has 3 heterocycles. The Morgan fingerprint density at radius 1 is 0.780 bits per heavy atom. The molecule has 1 saturated heterocycles. The topological polar surface area (TPSA) is 87.5 Å². The van der Waals surface area contributed by atoms with Crippen molar-refractivity contribution in [2.45, 2.75) is 38.4 Å². The second-order valence-corrected chi connectivity index (χ2v) is 10.7. The van der Waals surface area contributed by atoms with E-state index >= 15 is 0 Å². The van der Waals surface area contributed by atoms with Crippen molar-refractivity contribution in [2.75, 3.05) is 25.0 Å². The van der Waals surface area contributed by atoms with E-state index in [1.165, 1.54) is 21.6 Å². The van der Waals surface area contributed by atoms with Crippen LogP contribution >= 0.6 is 0 Å². The third-order valence-electron chi connectivity index (χ3n) is 7.94. The number of benzene rings is 3. The van der Waals surface area contributed by atoms with Crippen LogP contribution in [0.5, 0.6) is 0 Å². The van der Waals surface area contributed by atoms with Gasteiger partial charge in [-0.3, -0.25) is 24.2 Å². The summed E-state index contributed by atoms with van der Waals surface area (Å²) >= 11 is 0. The molecule has 1 fully saturated rings. The second-order valence-electron chi connectivity index (χ2n) is 10.7. The lowest BCUT2D eigenvalue weighted by Gasteiger charge is -2.32. The van der Waals surface area contributed by atoms with Gasteiger partial charge in [0.05, 0.1) is 11.1 Å². The monoisotopic (exact) mass is 547 g/mol. The molecule has 0 atom stereocenters. The van der Waals surface area contributed by atoms with Gasteiger partial charge in [0.25, 0.3) is 17.4 Å². The molecule has 1 N–H and O–H groups in total. The molecule has 2 amide bonds. The molecular weight excluding hydrogens is 514 g/mol. The maximum atomic E-state index is 13.1. The number of rotatable bonds is 9. The molecule has 0 radical (unpaired) electrons. The summed E-state index contributed by atoms with van der Waals surface area (Å²) in [7, 11) is 0. The van der Waals surface area contributed by atoms with Crippen LogP contribution in [-0.4, -0.2) is 56.8 Å². The van der Waals surface area contributed by atoms with Gasteiger partial charge in [0.2, 0.25) is 0 Å². The van der Waals surface area contributed by atoms with Gasteiger partial charge in [-0.1, -0.05) is 60.7 Å². The molecule has 0 bridgehead atoms. The zero-order valence-electron chi connectivity index (χ0n) is 22.9. The highest BCUT2D eigenvalue weighted by molar-refractivity contribution is 6.21. The van der Waals surface area contributed by atoms with Crippen LogP contribution in [-0.2, 0) is 13.1 Å². The average Bonchev–Trinajstić information content (AvgIpc) is 3.25. The van der Waals surface area contributed by atoms with Crippen molar-refractivity contribution in [3.63, 3.8) is 0 Å². The number of aromatic nitrogens is 2. The van der Waals surface area contributed by atoms with Crippen molar-refractivity contribution in [2.24, 2.45) is 0 Å². The van der Waals surface area contributed by atoms with E-state index in [1.807, 2.05) is 6.07 Å². The van der Waals surface area contributed by atoms with E-state index in [9.17, 15) is 14.4 Å². The Morgan fingerprint density at radius 3 is 2.20 bits per heavy atom. The fraction of sp³-hybridized carbons (Fsp3) is 0.273. The van der Waals surface area contributed by atoms with E-state index in [4.69, 9.17) is 0 Å². The molecule has 8 nitrogen and oxygen atoms in total. The van der Waals surface area contributed by atoms with Crippen molar-refractivity contribution in [1.82, 2.24) is 19.4 Å². The zero-order chi connectivity index (χ0) is 28.2. The van der Waals surface area contributed by atoms with Gasteiger partial charge in [0, 0.05) is 51.2 Å². The first kappa shape index (κ1) is 26.7. The largest absolute Gasteiger partial charge is 0.363 e. The Balaban J connectivity index is 1.00. The fourth-order valence-electron chi connectivity index (χ4n) is 5.73. The van der Waals surface area contributed by atoms with E-state index in [0.717, 1.165) is 32.5 Å². The number of aryl methyl sites for hydroxylation is 1. The molecule has 2 aliphatic rings. The highest BCUT2D eigenvalue weighted by atomic mass is 16.2. The Morgan fingerprint density at radius 2 is 1.46 bits per heavy atom. The SMILES string of the molecule is O=C1c2ccccc2C(=O)N1CCCn1ccnc(NC2CCN(Cc3cccc(-c4ccccc4)c3)CC2)c1=O. The maximum absolute atomic E-state index is 13.1. The first-order valence-electron chi connectivity index (χ1n) is 14.2. The van der Waals surface area contributed by atoms with Crippen molar-refractivity contribution >= 4 is 17.6 Å². The Kier molecular flexibility index (Phi) is 7.73. The highest BCUT2D eigenvalue weighted by Crippen LogP contribution is 2.24. The van der Waals surface area contributed by atoms with Crippen LogP contribution in [0.4, 0.5) is 5.82 Å². The summed E-state index contributed by atoms with van der Waals surface area (Å²) < 4.78 is 1.60. The number of piperidine rings is 1. The first-order valence-corrected chi connectivity index (χ1v) is 14.2. The molecule has 0 aliphatic carbocycles. The van der Waals surface area contributed by atoms with Gasteiger partial charge < -0.3 is 9.88 Å². The van der Waals surface area contributed by atoms with E-state index in [2.05, 4.69) is 63.7 Å². The summed E-state index contributed by atoms with van der Waals surface area (Å²) in [6.45, 7) is 3.43. The fourth-order valence-corrected chi connectivity index (χ4v) is 5.73. The number of amides is 2. The summed E-state index contributed by atoms with van der Waals surface area (Å²) in [5.41, 5.74) is 4.45. The van der Waals surface area contributed by atoms with E-state index in [1.54, 1.807) is 41.2 Å². The molecular formula is C33H33N5O3. The van der Waals surface area contributed by atoms with Crippen LogP contribution in [0.2, 0.25) is 0 Å². The average molecular weight is 548 g/mol. The van der Waals surface area contributed by atoms with Crippen LogP contribution in [0, 0.1) is 0 Å². The summed E-state index contributed by atoms with van der Waals surface area (Å²) in [6, 6.07) is 26.2. The molecule has 4 aromatic rings. The van der Waals surface area contributed by atoms with Gasteiger partial charge in [-0.15, -0.1) is 0 Å². The van der Waals surface area contributed by atoms with Gasteiger partial charge in [0.15, 0.2) is 5.82 Å². The molecule has 41 heavy (non-hydrogen) atoms. The zero-order valence-corrected chi connectivity index (χ0v) is 22.9. The Labute approximate surface area is 239 Å². The molecule has 0 spiro atoms. The number of carbonyl (C=O) groups is 2. The number of imide groups is 1. The Bertz CT molecular complexity index is 1570. The number of carbonyl (C=O) groups excluding carboxylic acids is 2. The molecule has 0 saturated carbocycles. The number of nitrogens with one attached hydrogen (secondary N) is 1. The summed E-state index contributed by atoms with van der Waals surface area (Å²) in [5, 5.41) is 3.37. The number of fused-ring (bicyclic) bond motifs is 1. The second kappa shape index (κ2) is 11.9. The van der Waals surface area contributed by atoms with Crippen molar-refractivity contribution < 1.29 is 9.59 Å². The lowest BCUT2D eigenvalue weighted by atomic mass is 10.0. The van der Waals surface area contributed by atoms with Crippen LogP contribution < -0.4 is 10.9 Å². The molecule has 208 valence electrons. The number of hydrogen-bond acceptors (Lipinski definition) is 6. The van der Waals surface area contributed by atoms with Gasteiger partial charge >= 0.3 is 0 Å². The van der Waals surface area contributed by atoms with Crippen LogP contribution in [0.15, 0.2) is 96.1 Å². The number of hydrogen-bond donors (Lipinski definition) is 1. The number of likely N-dealkylation sites (tertiary alicyclic amines) is 1. The minimum atomic E-state index is -0.273. The predicted octanol–water partition coefficient (Wildman–Crippen LogP) is 4.67. The van der Waals surface area contributed by atoms with E-state index < -0.39 is 0 Å². The quantitative estimate of drug-likeness (QED) is 0.307. The molecule has 1 aromatic heterocycles. The molecule has 3 aromatic carbocycles. The number of nitrogens with zero attached hydrogens (tertiary/aromatic N) is 4. The van der Waals surface area contributed by atoms with Crippen LogP contribution in [0.3, 0.4) is 0 Å². The molecule has 6 rings (SSSR count). The smallest absolute Gasteiger partial charge is 0.293 e. The minimum absolute atomic E-state index is 0.177. The first-order chi connectivity index (χ1) is 20.1. The van der Waals surface area contributed by atoms with Crippen LogP contribution in [0.25, 0.3) is 11.1 Å². The van der Waals surface area contributed by atoms with Crippen LogP contribution in [0.1, 0.15) is 45.5 Å². The lowest BCUT2D eigenvalue weighted by Crippen LogP contribution is -2.40.